The Balaban J connectivity index is 2.85. The molecule has 1 rings (SSSR count). The first-order valence-electron chi connectivity index (χ1n) is 4.16. The van der Waals surface area contributed by atoms with E-state index < -0.39 is 5.91 Å². The summed E-state index contributed by atoms with van der Waals surface area (Å²) in [6.45, 7) is -0.123. The van der Waals surface area contributed by atoms with Crippen molar-refractivity contribution in [2.75, 3.05) is 13.6 Å². The maximum absolute atomic E-state index is 11.7. The lowest BCUT2D eigenvalue weighted by atomic mass is 10.3. The fourth-order valence-electron chi connectivity index (χ4n) is 1.03. The van der Waals surface area contributed by atoms with Gasteiger partial charge in [0.15, 0.2) is 0 Å². The summed E-state index contributed by atoms with van der Waals surface area (Å²) in [5.74, 6) is -0.904. The van der Waals surface area contributed by atoms with Gasteiger partial charge in [0.2, 0.25) is 5.91 Å². The predicted molar refractivity (Wildman–Crippen MR) is 58.1 cm³/mol. The van der Waals surface area contributed by atoms with Crippen LogP contribution in [0.3, 0.4) is 0 Å². The molecule has 0 aliphatic heterocycles. The van der Waals surface area contributed by atoms with Gasteiger partial charge < -0.3 is 10.6 Å². The zero-order chi connectivity index (χ0) is 11.4. The molecule has 0 atom stereocenters. The van der Waals surface area contributed by atoms with E-state index in [1.165, 1.54) is 18.1 Å². The highest BCUT2D eigenvalue weighted by Crippen LogP contribution is 2.14. The van der Waals surface area contributed by atoms with Crippen LogP contribution in [-0.2, 0) is 4.79 Å². The third-order valence-corrected chi connectivity index (χ3v) is 2.34. The van der Waals surface area contributed by atoms with Gasteiger partial charge in [0.05, 0.1) is 6.54 Å². The summed E-state index contributed by atoms with van der Waals surface area (Å²) in [5, 5.41) is 0. The van der Waals surface area contributed by atoms with Crippen molar-refractivity contribution in [2.24, 2.45) is 5.73 Å². The maximum Gasteiger partial charge on any atom is 0.273 e. The Morgan fingerprint density at radius 3 is 2.80 bits per heavy atom. The largest absolute Gasteiger partial charge is 0.368 e. The second kappa shape index (κ2) is 4.88. The Bertz CT molecular complexity index is 395. The first-order chi connectivity index (χ1) is 7.02. The Hall–Kier alpha value is -1.43. The SMILES string of the molecule is CN(CC(N)=O)C(=O)c1ncccc1Br. The molecule has 1 heterocycles. The molecule has 0 bridgehead atoms. The molecule has 0 radical (unpaired) electrons. The van der Waals surface area contributed by atoms with Crippen LogP contribution in [0.2, 0.25) is 0 Å². The smallest absolute Gasteiger partial charge is 0.273 e. The Morgan fingerprint density at radius 2 is 2.27 bits per heavy atom. The molecule has 2 amide bonds. The molecule has 0 aromatic carbocycles. The van der Waals surface area contributed by atoms with E-state index in [0.717, 1.165) is 0 Å². The summed E-state index contributed by atoms with van der Waals surface area (Å²) in [7, 11) is 1.49. The molecule has 5 nitrogen and oxygen atoms in total. The lowest BCUT2D eigenvalue weighted by Crippen LogP contribution is -2.35. The van der Waals surface area contributed by atoms with Gasteiger partial charge in [0, 0.05) is 17.7 Å². The standard InChI is InChI=1S/C9H10BrN3O2/c1-13(5-7(11)14)9(15)8-6(10)3-2-4-12-8/h2-4H,5H2,1H3,(H2,11,14). The lowest BCUT2D eigenvalue weighted by molar-refractivity contribution is -0.118. The van der Waals surface area contributed by atoms with Gasteiger partial charge in [-0.2, -0.15) is 0 Å². The molecular weight excluding hydrogens is 262 g/mol. The monoisotopic (exact) mass is 271 g/mol. The van der Waals surface area contributed by atoms with Crippen LogP contribution in [0.1, 0.15) is 10.5 Å². The number of nitrogens with zero attached hydrogens (tertiary/aromatic N) is 2. The Kier molecular flexibility index (Phi) is 3.79. The van der Waals surface area contributed by atoms with Gasteiger partial charge >= 0.3 is 0 Å². The average Bonchev–Trinajstić information content (AvgIpc) is 2.16. The summed E-state index contributed by atoms with van der Waals surface area (Å²) < 4.78 is 0.589. The van der Waals surface area contributed by atoms with E-state index in [0.29, 0.717) is 4.47 Å². The summed E-state index contributed by atoms with van der Waals surface area (Å²) in [6.07, 6.45) is 1.51. The summed E-state index contributed by atoms with van der Waals surface area (Å²) in [4.78, 5) is 27.5. The maximum atomic E-state index is 11.7. The van der Waals surface area contributed by atoms with E-state index in [4.69, 9.17) is 5.73 Å². The second-order valence-electron chi connectivity index (χ2n) is 2.96. The van der Waals surface area contributed by atoms with Crippen molar-refractivity contribution < 1.29 is 9.59 Å². The first-order valence-corrected chi connectivity index (χ1v) is 4.96. The normalized spacial score (nSPS) is 9.73. The number of rotatable bonds is 3. The Labute approximate surface area is 95.4 Å². The second-order valence-corrected chi connectivity index (χ2v) is 3.82. The molecule has 0 aliphatic rings. The van der Waals surface area contributed by atoms with Crippen molar-refractivity contribution in [1.82, 2.24) is 9.88 Å². The van der Waals surface area contributed by atoms with Crippen molar-refractivity contribution in [3.63, 3.8) is 0 Å². The minimum atomic E-state index is -0.557. The molecule has 1 aromatic rings. The fraction of sp³-hybridized carbons (Fsp3) is 0.222. The van der Waals surface area contributed by atoms with Crippen molar-refractivity contribution >= 4 is 27.7 Å². The minimum absolute atomic E-state index is 0.123. The average molecular weight is 272 g/mol. The number of hydrogen-bond donors (Lipinski definition) is 1. The topological polar surface area (TPSA) is 76.3 Å². The number of hydrogen-bond acceptors (Lipinski definition) is 3. The highest BCUT2D eigenvalue weighted by molar-refractivity contribution is 9.10. The number of amides is 2. The molecule has 6 heteroatoms. The number of aromatic nitrogens is 1. The number of halogens is 1. The van der Waals surface area contributed by atoms with Crippen LogP contribution < -0.4 is 5.73 Å². The van der Waals surface area contributed by atoms with E-state index in [-0.39, 0.29) is 18.1 Å². The molecule has 15 heavy (non-hydrogen) atoms. The van der Waals surface area contributed by atoms with Gasteiger partial charge in [-0.25, -0.2) is 4.98 Å². The van der Waals surface area contributed by atoms with E-state index >= 15 is 0 Å². The van der Waals surface area contributed by atoms with E-state index in [2.05, 4.69) is 20.9 Å². The van der Waals surface area contributed by atoms with Gasteiger partial charge in [-0.1, -0.05) is 0 Å². The molecule has 2 N–H and O–H groups in total. The lowest BCUT2D eigenvalue weighted by Gasteiger charge is -2.14. The minimum Gasteiger partial charge on any atom is -0.368 e. The fourth-order valence-corrected chi connectivity index (χ4v) is 1.45. The number of primary amides is 1. The van der Waals surface area contributed by atoms with Crippen LogP contribution in [-0.4, -0.2) is 35.3 Å². The molecule has 0 spiro atoms. The van der Waals surface area contributed by atoms with Crippen LogP contribution in [0.5, 0.6) is 0 Å². The number of nitrogens with two attached hydrogens (primary N) is 1. The van der Waals surface area contributed by atoms with E-state index in [9.17, 15) is 9.59 Å². The number of pyridine rings is 1. The zero-order valence-electron chi connectivity index (χ0n) is 8.11. The van der Waals surface area contributed by atoms with Gasteiger partial charge in [-0.15, -0.1) is 0 Å². The molecule has 0 saturated heterocycles. The van der Waals surface area contributed by atoms with Crippen LogP contribution >= 0.6 is 15.9 Å². The molecule has 1 aromatic heterocycles. The molecular formula is C9H10BrN3O2. The zero-order valence-corrected chi connectivity index (χ0v) is 9.69. The van der Waals surface area contributed by atoms with Crippen LogP contribution in [0.25, 0.3) is 0 Å². The molecule has 80 valence electrons. The quantitative estimate of drug-likeness (QED) is 0.865. The third-order valence-electron chi connectivity index (χ3n) is 1.70. The van der Waals surface area contributed by atoms with Gasteiger partial charge in [-0.3, -0.25) is 9.59 Å². The molecule has 0 aliphatic carbocycles. The van der Waals surface area contributed by atoms with Gasteiger partial charge in [0.1, 0.15) is 5.69 Å². The van der Waals surface area contributed by atoms with Crippen LogP contribution in [0.4, 0.5) is 0 Å². The van der Waals surface area contributed by atoms with Crippen LogP contribution in [0, 0.1) is 0 Å². The van der Waals surface area contributed by atoms with E-state index in [1.54, 1.807) is 12.1 Å². The Morgan fingerprint density at radius 1 is 1.60 bits per heavy atom. The van der Waals surface area contributed by atoms with Gasteiger partial charge in [-0.05, 0) is 28.1 Å². The predicted octanol–water partition coefficient (Wildman–Crippen LogP) is 0.401. The van der Waals surface area contributed by atoms with Crippen LogP contribution in [0.15, 0.2) is 22.8 Å². The summed E-state index contributed by atoms with van der Waals surface area (Å²) in [6, 6.07) is 3.41. The van der Waals surface area contributed by atoms with Crippen molar-refractivity contribution in [3.8, 4) is 0 Å². The molecule has 0 unspecified atom stereocenters. The summed E-state index contributed by atoms with van der Waals surface area (Å²) in [5.41, 5.74) is 5.25. The number of likely N-dealkylation sites (N-methyl/N-ethyl adjacent to an activating group) is 1. The number of carbonyl (C=O) groups is 2. The molecule has 0 fully saturated rings. The first kappa shape index (κ1) is 11.6. The summed E-state index contributed by atoms with van der Waals surface area (Å²) >= 11 is 3.21. The van der Waals surface area contributed by atoms with Crippen molar-refractivity contribution in [2.45, 2.75) is 0 Å². The highest BCUT2D eigenvalue weighted by atomic mass is 79.9. The van der Waals surface area contributed by atoms with Gasteiger partial charge in [0.25, 0.3) is 5.91 Å². The third kappa shape index (κ3) is 3.02. The molecule has 0 saturated carbocycles. The highest BCUT2D eigenvalue weighted by Gasteiger charge is 2.16. The van der Waals surface area contributed by atoms with Crippen molar-refractivity contribution in [3.05, 3.63) is 28.5 Å². The van der Waals surface area contributed by atoms with E-state index in [1.807, 2.05) is 0 Å². The van der Waals surface area contributed by atoms with Crippen molar-refractivity contribution in [1.29, 1.82) is 0 Å². The number of carbonyl (C=O) groups excluding carboxylic acids is 2.